The molecule has 0 aliphatic carbocycles. The summed E-state index contributed by atoms with van der Waals surface area (Å²) in [5.41, 5.74) is 3.61. The summed E-state index contributed by atoms with van der Waals surface area (Å²) in [7, 11) is 1.38. The van der Waals surface area contributed by atoms with Gasteiger partial charge in [-0.1, -0.05) is 24.3 Å². The third kappa shape index (κ3) is 1.45. The minimum absolute atomic E-state index is 0.379. The Kier molecular flexibility index (Phi) is 2.21. The van der Waals surface area contributed by atoms with Crippen LogP contribution in [0.2, 0.25) is 0 Å². The highest BCUT2D eigenvalue weighted by Gasteiger charge is 2.24. The van der Waals surface area contributed by atoms with Crippen LogP contribution < -0.4 is 0 Å². The third-order valence-electron chi connectivity index (χ3n) is 3.11. The molecule has 4 heteroatoms. The molecule has 0 unspecified atom stereocenters. The SMILES string of the molecule is COC(=O)c1ncn2c1-c1ccccc1CC2. The molecule has 0 atom stereocenters. The lowest BCUT2D eigenvalue weighted by Crippen LogP contribution is -2.12. The summed E-state index contributed by atoms with van der Waals surface area (Å²) in [5.74, 6) is -0.379. The highest BCUT2D eigenvalue weighted by molar-refractivity contribution is 5.95. The normalized spacial score (nSPS) is 12.8. The van der Waals surface area contributed by atoms with Crippen LogP contribution in [0.5, 0.6) is 0 Å². The summed E-state index contributed by atoms with van der Waals surface area (Å²) in [6, 6.07) is 8.10. The van der Waals surface area contributed by atoms with Crippen molar-refractivity contribution in [3.63, 3.8) is 0 Å². The Bertz CT molecular complexity index is 587. The molecular formula is C13H12N2O2. The number of benzene rings is 1. The lowest BCUT2D eigenvalue weighted by Gasteiger charge is -2.18. The average molecular weight is 228 g/mol. The number of carbonyl (C=O) groups excluding carboxylic acids is 1. The fraction of sp³-hybridized carbons (Fsp3) is 0.231. The van der Waals surface area contributed by atoms with E-state index in [0.717, 1.165) is 24.2 Å². The Morgan fingerprint density at radius 3 is 3.06 bits per heavy atom. The van der Waals surface area contributed by atoms with Crippen molar-refractivity contribution in [1.82, 2.24) is 9.55 Å². The quantitative estimate of drug-likeness (QED) is 0.700. The minimum Gasteiger partial charge on any atom is -0.464 e. The van der Waals surface area contributed by atoms with Gasteiger partial charge < -0.3 is 9.30 Å². The Morgan fingerprint density at radius 1 is 1.41 bits per heavy atom. The summed E-state index contributed by atoms with van der Waals surface area (Å²) in [6.45, 7) is 0.857. The first-order valence-electron chi connectivity index (χ1n) is 5.53. The zero-order valence-electron chi connectivity index (χ0n) is 9.51. The van der Waals surface area contributed by atoms with Crippen molar-refractivity contribution >= 4 is 5.97 Å². The van der Waals surface area contributed by atoms with Gasteiger partial charge in [-0.05, 0) is 12.0 Å². The van der Waals surface area contributed by atoms with E-state index in [9.17, 15) is 4.79 Å². The lowest BCUT2D eigenvalue weighted by molar-refractivity contribution is 0.0595. The maximum absolute atomic E-state index is 11.7. The smallest absolute Gasteiger partial charge is 0.358 e. The van der Waals surface area contributed by atoms with Gasteiger partial charge in [-0.2, -0.15) is 0 Å². The van der Waals surface area contributed by atoms with Crippen LogP contribution in [0.4, 0.5) is 0 Å². The van der Waals surface area contributed by atoms with E-state index in [-0.39, 0.29) is 5.97 Å². The van der Waals surface area contributed by atoms with Crippen LogP contribution in [-0.4, -0.2) is 22.6 Å². The van der Waals surface area contributed by atoms with E-state index in [1.165, 1.54) is 12.7 Å². The second-order valence-electron chi connectivity index (χ2n) is 4.03. The monoisotopic (exact) mass is 228 g/mol. The van der Waals surface area contributed by atoms with Crippen LogP contribution >= 0.6 is 0 Å². The van der Waals surface area contributed by atoms with Crippen LogP contribution in [0.25, 0.3) is 11.3 Å². The van der Waals surface area contributed by atoms with Crippen molar-refractivity contribution < 1.29 is 9.53 Å². The van der Waals surface area contributed by atoms with E-state index in [4.69, 9.17) is 4.74 Å². The number of imidazole rings is 1. The van der Waals surface area contributed by atoms with E-state index < -0.39 is 0 Å². The van der Waals surface area contributed by atoms with Crippen LogP contribution in [0.1, 0.15) is 16.1 Å². The van der Waals surface area contributed by atoms with Crippen molar-refractivity contribution in [3.8, 4) is 11.3 Å². The fourth-order valence-electron chi connectivity index (χ4n) is 2.29. The van der Waals surface area contributed by atoms with Gasteiger partial charge in [-0.3, -0.25) is 0 Å². The highest BCUT2D eigenvalue weighted by Crippen LogP contribution is 2.31. The number of rotatable bonds is 1. The molecule has 2 heterocycles. The van der Waals surface area contributed by atoms with Gasteiger partial charge in [0, 0.05) is 12.1 Å². The van der Waals surface area contributed by atoms with Gasteiger partial charge in [0.2, 0.25) is 0 Å². The predicted octanol–water partition coefficient (Wildman–Crippen LogP) is 1.89. The van der Waals surface area contributed by atoms with Crippen molar-refractivity contribution in [2.24, 2.45) is 0 Å². The molecule has 1 aromatic heterocycles. The molecule has 1 aliphatic heterocycles. The molecule has 86 valence electrons. The summed E-state index contributed by atoms with van der Waals surface area (Å²) >= 11 is 0. The minimum atomic E-state index is -0.379. The number of aromatic nitrogens is 2. The number of hydrogen-bond acceptors (Lipinski definition) is 3. The van der Waals surface area contributed by atoms with Crippen molar-refractivity contribution in [1.29, 1.82) is 0 Å². The first-order valence-corrected chi connectivity index (χ1v) is 5.53. The first kappa shape index (κ1) is 10.1. The molecule has 0 N–H and O–H groups in total. The van der Waals surface area contributed by atoms with Crippen molar-refractivity contribution in [2.75, 3.05) is 7.11 Å². The van der Waals surface area contributed by atoms with E-state index >= 15 is 0 Å². The Labute approximate surface area is 98.9 Å². The zero-order valence-corrected chi connectivity index (χ0v) is 9.51. The Hall–Kier alpha value is -2.10. The molecule has 0 spiro atoms. The number of hydrogen-bond donors (Lipinski definition) is 0. The maximum Gasteiger partial charge on any atom is 0.358 e. The van der Waals surface area contributed by atoms with Gasteiger partial charge in [0.1, 0.15) is 0 Å². The zero-order chi connectivity index (χ0) is 11.8. The molecule has 2 aromatic rings. The number of carbonyl (C=O) groups is 1. The molecule has 0 amide bonds. The molecule has 17 heavy (non-hydrogen) atoms. The molecule has 0 fully saturated rings. The number of ether oxygens (including phenoxy) is 1. The largest absolute Gasteiger partial charge is 0.464 e. The number of fused-ring (bicyclic) bond motifs is 3. The van der Waals surface area contributed by atoms with Gasteiger partial charge in [-0.25, -0.2) is 9.78 Å². The molecule has 0 bridgehead atoms. The van der Waals surface area contributed by atoms with E-state index in [1.807, 2.05) is 22.8 Å². The molecule has 1 aliphatic rings. The van der Waals surface area contributed by atoms with Crippen molar-refractivity contribution in [3.05, 3.63) is 41.9 Å². The second-order valence-corrected chi connectivity index (χ2v) is 4.03. The summed E-state index contributed by atoms with van der Waals surface area (Å²) in [4.78, 5) is 15.8. The topological polar surface area (TPSA) is 44.1 Å². The lowest BCUT2D eigenvalue weighted by atomic mass is 9.97. The van der Waals surface area contributed by atoms with Gasteiger partial charge in [0.15, 0.2) is 5.69 Å². The predicted molar refractivity (Wildman–Crippen MR) is 62.7 cm³/mol. The number of aryl methyl sites for hydroxylation is 2. The second kappa shape index (κ2) is 3.73. The number of nitrogens with zero attached hydrogens (tertiary/aromatic N) is 2. The van der Waals surface area contributed by atoms with Gasteiger partial charge >= 0.3 is 5.97 Å². The number of methoxy groups -OCH3 is 1. The van der Waals surface area contributed by atoms with Gasteiger partial charge in [0.25, 0.3) is 0 Å². The summed E-state index contributed by atoms with van der Waals surface area (Å²) in [6.07, 6.45) is 2.68. The van der Waals surface area contributed by atoms with Crippen LogP contribution in [0, 0.1) is 0 Å². The summed E-state index contributed by atoms with van der Waals surface area (Å²) < 4.78 is 6.77. The van der Waals surface area contributed by atoms with E-state index in [1.54, 1.807) is 6.33 Å². The standard InChI is InChI=1S/C13H12N2O2/c1-17-13(16)11-12-10-5-3-2-4-9(10)6-7-15(12)8-14-11/h2-5,8H,6-7H2,1H3. The Morgan fingerprint density at radius 2 is 2.24 bits per heavy atom. The first-order chi connectivity index (χ1) is 8.31. The third-order valence-corrected chi connectivity index (χ3v) is 3.11. The fourth-order valence-corrected chi connectivity index (χ4v) is 2.29. The summed E-state index contributed by atoms with van der Waals surface area (Å²) in [5, 5.41) is 0. The van der Waals surface area contributed by atoms with Gasteiger partial charge in [0.05, 0.1) is 19.1 Å². The van der Waals surface area contributed by atoms with E-state index in [2.05, 4.69) is 11.1 Å². The van der Waals surface area contributed by atoms with Crippen LogP contribution in [0.15, 0.2) is 30.6 Å². The number of esters is 1. The highest BCUT2D eigenvalue weighted by atomic mass is 16.5. The molecule has 0 saturated carbocycles. The van der Waals surface area contributed by atoms with Crippen LogP contribution in [-0.2, 0) is 17.7 Å². The van der Waals surface area contributed by atoms with Crippen molar-refractivity contribution in [2.45, 2.75) is 13.0 Å². The van der Waals surface area contributed by atoms with E-state index in [0.29, 0.717) is 5.69 Å². The molecule has 0 saturated heterocycles. The molecule has 3 rings (SSSR count). The molecule has 0 radical (unpaired) electrons. The average Bonchev–Trinajstić information content (AvgIpc) is 2.82. The van der Waals surface area contributed by atoms with Crippen LogP contribution in [0.3, 0.4) is 0 Å². The molecular weight excluding hydrogens is 216 g/mol. The molecule has 1 aromatic carbocycles. The molecule has 4 nitrogen and oxygen atoms in total. The van der Waals surface area contributed by atoms with Gasteiger partial charge in [-0.15, -0.1) is 0 Å². The Balaban J connectivity index is 2.22. The maximum atomic E-state index is 11.7.